The lowest BCUT2D eigenvalue weighted by molar-refractivity contribution is -0.114. The Morgan fingerprint density at radius 1 is 1.36 bits per heavy atom. The molecule has 4 heteroatoms. The minimum absolute atomic E-state index is 0.150. The highest BCUT2D eigenvalue weighted by Crippen LogP contribution is 2.14. The quantitative estimate of drug-likeness (QED) is 0.429. The maximum atomic E-state index is 10.9. The molecule has 0 aliphatic carbocycles. The Labute approximate surface area is 82.2 Å². The molecule has 0 bridgehead atoms. The van der Waals surface area contributed by atoms with Gasteiger partial charge < -0.3 is 10.8 Å². The van der Waals surface area contributed by atoms with Crippen LogP contribution in [0.5, 0.6) is 0 Å². The van der Waals surface area contributed by atoms with E-state index in [4.69, 9.17) is 5.53 Å². The van der Waals surface area contributed by atoms with Gasteiger partial charge in [-0.25, -0.2) is 0 Å². The zero-order valence-corrected chi connectivity index (χ0v) is 8.11. The molecule has 0 saturated carbocycles. The van der Waals surface area contributed by atoms with E-state index in [0.29, 0.717) is 17.0 Å². The lowest BCUT2D eigenvalue weighted by atomic mass is 10.1. The Balaban J connectivity index is 3.15. The lowest BCUT2D eigenvalue weighted by Gasteiger charge is -2.04. The molecule has 0 heterocycles. The molecular weight excluding hydrogens is 178 g/mol. The van der Waals surface area contributed by atoms with Crippen LogP contribution in [0.2, 0.25) is 0 Å². The fourth-order valence-electron chi connectivity index (χ4n) is 1.15. The molecule has 1 aromatic carbocycles. The van der Waals surface area contributed by atoms with Gasteiger partial charge in [0.05, 0.1) is 11.3 Å². The third-order valence-corrected chi connectivity index (χ3v) is 1.78. The number of hydrogen-bond acceptors (Lipinski definition) is 1. The number of nitrogens with zero attached hydrogens (tertiary/aromatic N) is 2. The van der Waals surface area contributed by atoms with E-state index in [1.807, 2.05) is 6.07 Å². The fraction of sp³-hybridized carbons (Fsp3) is 0.200. The summed E-state index contributed by atoms with van der Waals surface area (Å²) in [6.07, 6.45) is 0. The van der Waals surface area contributed by atoms with E-state index < -0.39 is 0 Å². The smallest absolute Gasteiger partial charge is 0.298 e. The molecule has 1 rings (SSSR count). The van der Waals surface area contributed by atoms with Gasteiger partial charge in [0.15, 0.2) is 0 Å². The standard InChI is InChI=1S/C10H11N3O/c1-7(13-11)9-5-3-4-6-10(9)12-8(2)14/h3-6H,1-2H3,(H,12,14). The Kier molecular flexibility index (Phi) is 3.15. The van der Waals surface area contributed by atoms with E-state index in [-0.39, 0.29) is 5.91 Å². The highest BCUT2D eigenvalue weighted by molar-refractivity contribution is 6.03. The van der Waals surface area contributed by atoms with Crippen LogP contribution in [0.3, 0.4) is 0 Å². The molecule has 0 aromatic heterocycles. The normalized spacial score (nSPS) is 9.00. The van der Waals surface area contributed by atoms with E-state index in [2.05, 4.69) is 10.1 Å². The monoisotopic (exact) mass is 189 g/mol. The summed E-state index contributed by atoms with van der Waals surface area (Å²) in [5.41, 5.74) is 10.5. The van der Waals surface area contributed by atoms with Crippen molar-refractivity contribution in [2.45, 2.75) is 13.8 Å². The van der Waals surface area contributed by atoms with Crippen LogP contribution in [0.25, 0.3) is 5.53 Å². The molecule has 0 fully saturated rings. The first-order valence-electron chi connectivity index (χ1n) is 4.21. The molecule has 0 aliphatic rings. The molecule has 0 radical (unpaired) electrons. The van der Waals surface area contributed by atoms with Crippen LogP contribution in [0.15, 0.2) is 24.3 Å². The van der Waals surface area contributed by atoms with Gasteiger partial charge in [-0.3, -0.25) is 4.79 Å². The Bertz CT molecular complexity index is 406. The zero-order chi connectivity index (χ0) is 10.6. The number of carbonyl (C=O) groups excluding carboxylic acids is 1. The average Bonchev–Trinajstić information content (AvgIpc) is 2.16. The number of amides is 1. The molecule has 0 unspecified atom stereocenters. The van der Waals surface area contributed by atoms with Crippen molar-refractivity contribution < 1.29 is 9.58 Å². The highest BCUT2D eigenvalue weighted by Gasteiger charge is 2.10. The van der Waals surface area contributed by atoms with Crippen molar-refractivity contribution in [2.24, 2.45) is 0 Å². The first-order valence-corrected chi connectivity index (χ1v) is 4.21. The molecular formula is C10H11N3O. The van der Waals surface area contributed by atoms with Gasteiger partial charge >= 0.3 is 0 Å². The van der Waals surface area contributed by atoms with Crippen molar-refractivity contribution in [3.8, 4) is 0 Å². The van der Waals surface area contributed by atoms with E-state index in [1.165, 1.54) is 6.92 Å². The molecule has 0 saturated heterocycles. The fourth-order valence-corrected chi connectivity index (χ4v) is 1.15. The third kappa shape index (κ3) is 2.28. The third-order valence-electron chi connectivity index (χ3n) is 1.78. The number of anilines is 1. The van der Waals surface area contributed by atoms with Crippen molar-refractivity contribution in [1.82, 2.24) is 0 Å². The number of benzene rings is 1. The number of para-hydroxylation sites is 1. The summed E-state index contributed by atoms with van der Waals surface area (Å²) >= 11 is 0. The van der Waals surface area contributed by atoms with Gasteiger partial charge in [0.2, 0.25) is 5.91 Å². The second-order valence-electron chi connectivity index (χ2n) is 2.91. The first kappa shape index (κ1) is 10.2. The summed E-state index contributed by atoms with van der Waals surface area (Å²) in [6, 6.07) is 7.15. The summed E-state index contributed by atoms with van der Waals surface area (Å²) in [7, 11) is 0. The maximum absolute atomic E-state index is 10.9. The van der Waals surface area contributed by atoms with E-state index in [9.17, 15) is 4.79 Å². The topological polar surface area (TPSA) is 65.5 Å². The van der Waals surface area contributed by atoms with Crippen LogP contribution < -0.4 is 5.32 Å². The molecule has 0 aliphatic heterocycles. The first-order chi connectivity index (χ1) is 6.65. The summed E-state index contributed by atoms with van der Waals surface area (Å²) in [5, 5.41) is 2.66. The van der Waals surface area contributed by atoms with Gasteiger partial charge in [0, 0.05) is 13.8 Å². The predicted octanol–water partition coefficient (Wildman–Crippen LogP) is 1.68. The van der Waals surface area contributed by atoms with E-state index in [1.54, 1.807) is 25.1 Å². The van der Waals surface area contributed by atoms with Gasteiger partial charge in [-0.2, -0.15) is 4.79 Å². The van der Waals surface area contributed by atoms with Crippen LogP contribution in [0.1, 0.15) is 19.4 Å². The predicted molar refractivity (Wildman–Crippen MR) is 54.1 cm³/mol. The summed E-state index contributed by atoms with van der Waals surface area (Å²) in [4.78, 5) is 14.0. The largest absolute Gasteiger partial charge is 0.361 e. The van der Waals surface area contributed by atoms with Crippen LogP contribution >= 0.6 is 0 Å². The van der Waals surface area contributed by atoms with Gasteiger partial charge in [-0.05, 0) is 12.1 Å². The van der Waals surface area contributed by atoms with Crippen LogP contribution in [-0.4, -0.2) is 16.4 Å². The van der Waals surface area contributed by atoms with E-state index in [0.717, 1.165) is 0 Å². The molecule has 14 heavy (non-hydrogen) atoms. The summed E-state index contributed by atoms with van der Waals surface area (Å²) < 4.78 is 0. The molecule has 1 amide bonds. The van der Waals surface area contributed by atoms with Crippen molar-refractivity contribution in [2.75, 3.05) is 5.32 Å². The second-order valence-corrected chi connectivity index (χ2v) is 2.91. The summed E-state index contributed by atoms with van der Waals surface area (Å²) in [5.74, 6) is -0.150. The van der Waals surface area contributed by atoms with Gasteiger partial charge in [0.25, 0.3) is 5.71 Å². The SMILES string of the molecule is CC(=O)Nc1ccccc1C(C)=[N+]=[N-]. The average molecular weight is 189 g/mol. The van der Waals surface area contributed by atoms with Gasteiger partial charge in [-0.15, -0.1) is 0 Å². The zero-order valence-electron chi connectivity index (χ0n) is 8.11. The number of hydrogen-bond donors (Lipinski definition) is 1. The van der Waals surface area contributed by atoms with Crippen molar-refractivity contribution >= 4 is 17.3 Å². The molecule has 72 valence electrons. The minimum atomic E-state index is -0.150. The number of rotatable bonds is 2. The van der Waals surface area contributed by atoms with Gasteiger partial charge in [-0.1, -0.05) is 12.1 Å². The van der Waals surface area contributed by atoms with Gasteiger partial charge in [0.1, 0.15) is 0 Å². The highest BCUT2D eigenvalue weighted by atomic mass is 16.1. The second kappa shape index (κ2) is 4.35. The molecule has 1 aromatic rings. The molecule has 0 spiro atoms. The van der Waals surface area contributed by atoms with Crippen LogP contribution in [-0.2, 0) is 4.79 Å². The lowest BCUT2D eigenvalue weighted by Crippen LogP contribution is -2.10. The van der Waals surface area contributed by atoms with Crippen molar-refractivity contribution in [1.29, 1.82) is 0 Å². The van der Waals surface area contributed by atoms with Crippen LogP contribution in [0.4, 0.5) is 5.69 Å². The minimum Gasteiger partial charge on any atom is -0.361 e. The molecule has 4 nitrogen and oxygen atoms in total. The Hall–Kier alpha value is -1.93. The number of nitrogens with one attached hydrogen (secondary N) is 1. The summed E-state index contributed by atoms with van der Waals surface area (Å²) in [6.45, 7) is 3.10. The van der Waals surface area contributed by atoms with Crippen molar-refractivity contribution in [3.63, 3.8) is 0 Å². The van der Waals surface area contributed by atoms with E-state index >= 15 is 0 Å². The molecule has 0 atom stereocenters. The maximum Gasteiger partial charge on any atom is 0.298 e. The number of carbonyl (C=O) groups is 1. The van der Waals surface area contributed by atoms with Crippen molar-refractivity contribution in [3.05, 3.63) is 35.4 Å². The Morgan fingerprint density at radius 3 is 2.57 bits per heavy atom. The Morgan fingerprint density at radius 2 is 2.00 bits per heavy atom. The van der Waals surface area contributed by atoms with Crippen LogP contribution in [0, 0.1) is 0 Å². The molecule has 1 N–H and O–H groups in total.